The number of nitro groups is 1. The molecule has 0 bridgehead atoms. The molecule has 0 aliphatic heterocycles. The van der Waals surface area contributed by atoms with E-state index in [2.05, 4.69) is 12.2 Å². The molecule has 0 spiro atoms. The summed E-state index contributed by atoms with van der Waals surface area (Å²) in [5, 5.41) is 14.1. The van der Waals surface area contributed by atoms with E-state index >= 15 is 0 Å². The molecule has 5 heteroatoms. The molecule has 94 valence electrons. The van der Waals surface area contributed by atoms with Gasteiger partial charge in [-0.3, -0.25) is 10.1 Å². The Morgan fingerprint density at radius 3 is 2.82 bits per heavy atom. The summed E-state index contributed by atoms with van der Waals surface area (Å²) in [5.74, 6) is 0. The first-order chi connectivity index (χ1) is 8.06. The van der Waals surface area contributed by atoms with Crippen LogP contribution in [0.15, 0.2) is 18.2 Å². The molecule has 0 amide bonds. The third kappa shape index (κ3) is 3.62. The van der Waals surface area contributed by atoms with E-state index in [1.165, 1.54) is 0 Å². The highest BCUT2D eigenvalue weighted by atomic mass is 16.6. The standard InChI is InChI=1S/C12H19N3O2/c1-3-4-6-9(2)14-11-8-5-7-10(13)12(11)15(16)17/h5,7-9,14H,3-4,6,13H2,1-2H3. The van der Waals surface area contributed by atoms with Crippen LogP contribution in [0.2, 0.25) is 0 Å². The predicted octanol–water partition coefficient (Wildman–Crippen LogP) is 3.17. The molecular formula is C12H19N3O2. The fraction of sp³-hybridized carbons (Fsp3) is 0.500. The number of nitro benzene ring substituents is 1. The number of rotatable bonds is 6. The van der Waals surface area contributed by atoms with Crippen LogP contribution < -0.4 is 11.1 Å². The summed E-state index contributed by atoms with van der Waals surface area (Å²) >= 11 is 0. The van der Waals surface area contributed by atoms with E-state index in [-0.39, 0.29) is 17.4 Å². The first kappa shape index (κ1) is 13.3. The van der Waals surface area contributed by atoms with Gasteiger partial charge >= 0.3 is 5.69 Å². The Balaban J connectivity index is 2.83. The minimum atomic E-state index is -0.440. The Bertz CT molecular complexity index is 393. The molecule has 0 fully saturated rings. The lowest BCUT2D eigenvalue weighted by atomic mass is 10.1. The molecule has 17 heavy (non-hydrogen) atoms. The van der Waals surface area contributed by atoms with Crippen LogP contribution in [-0.4, -0.2) is 11.0 Å². The number of unbranched alkanes of at least 4 members (excludes halogenated alkanes) is 1. The molecule has 1 atom stereocenters. The van der Waals surface area contributed by atoms with E-state index < -0.39 is 4.92 Å². The molecule has 0 saturated heterocycles. The second kappa shape index (κ2) is 6.08. The van der Waals surface area contributed by atoms with Crippen LogP contribution in [-0.2, 0) is 0 Å². The molecule has 1 aromatic rings. The maximum atomic E-state index is 10.9. The monoisotopic (exact) mass is 237 g/mol. The summed E-state index contributed by atoms with van der Waals surface area (Å²) in [4.78, 5) is 10.5. The number of hydrogen-bond acceptors (Lipinski definition) is 4. The second-order valence-electron chi connectivity index (χ2n) is 4.19. The van der Waals surface area contributed by atoms with Crippen molar-refractivity contribution in [2.45, 2.75) is 39.2 Å². The predicted molar refractivity (Wildman–Crippen MR) is 70.1 cm³/mol. The molecule has 0 heterocycles. The van der Waals surface area contributed by atoms with Gasteiger partial charge in [-0.2, -0.15) is 0 Å². The van der Waals surface area contributed by atoms with Gasteiger partial charge < -0.3 is 11.1 Å². The number of nitrogen functional groups attached to an aromatic ring is 1. The SMILES string of the molecule is CCCCC(C)Nc1cccc(N)c1[N+](=O)[O-]. The summed E-state index contributed by atoms with van der Waals surface area (Å²) < 4.78 is 0. The molecular weight excluding hydrogens is 218 g/mol. The highest BCUT2D eigenvalue weighted by Gasteiger charge is 2.18. The highest BCUT2D eigenvalue weighted by molar-refractivity contribution is 5.74. The number of para-hydroxylation sites is 1. The van der Waals surface area contributed by atoms with Crippen molar-refractivity contribution in [3.05, 3.63) is 28.3 Å². The van der Waals surface area contributed by atoms with Gasteiger partial charge in [-0.25, -0.2) is 0 Å². The number of anilines is 2. The van der Waals surface area contributed by atoms with Crippen LogP contribution in [0.25, 0.3) is 0 Å². The van der Waals surface area contributed by atoms with Crippen molar-refractivity contribution in [3.8, 4) is 0 Å². The van der Waals surface area contributed by atoms with Gasteiger partial charge in [-0.15, -0.1) is 0 Å². The fourth-order valence-electron chi connectivity index (χ4n) is 1.73. The third-order valence-corrected chi connectivity index (χ3v) is 2.64. The lowest BCUT2D eigenvalue weighted by molar-refractivity contribution is -0.383. The van der Waals surface area contributed by atoms with Crippen LogP contribution in [0.5, 0.6) is 0 Å². The van der Waals surface area contributed by atoms with Crippen LogP contribution in [0.3, 0.4) is 0 Å². The van der Waals surface area contributed by atoms with Gasteiger partial charge in [-0.05, 0) is 25.5 Å². The zero-order valence-electron chi connectivity index (χ0n) is 10.3. The van der Waals surface area contributed by atoms with Crippen LogP contribution >= 0.6 is 0 Å². The summed E-state index contributed by atoms with van der Waals surface area (Å²) in [5.41, 5.74) is 6.28. The van der Waals surface area contributed by atoms with Gasteiger partial charge in [0.2, 0.25) is 0 Å². The third-order valence-electron chi connectivity index (χ3n) is 2.64. The first-order valence-corrected chi connectivity index (χ1v) is 5.85. The van der Waals surface area contributed by atoms with Crippen molar-refractivity contribution in [2.75, 3.05) is 11.1 Å². The van der Waals surface area contributed by atoms with Gasteiger partial charge in [0.15, 0.2) is 0 Å². The van der Waals surface area contributed by atoms with Crippen molar-refractivity contribution in [1.29, 1.82) is 0 Å². The molecule has 0 radical (unpaired) electrons. The van der Waals surface area contributed by atoms with Crippen molar-refractivity contribution < 1.29 is 4.92 Å². The van der Waals surface area contributed by atoms with Crippen molar-refractivity contribution in [2.24, 2.45) is 0 Å². The molecule has 0 aliphatic carbocycles. The second-order valence-corrected chi connectivity index (χ2v) is 4.19. The highest BCUT2D eigenvalue weighted by Crippen LogP contribution is 2.31. The molecule has 5 nitrogen and oxygen atoms in total. The smallest absolute Gasteiger partial charge is 0.314 e. The number of benzene rings is 1. The molecule has 3 N–H and O–H groups in total. The van der Waals surface area contributed by atoms with Gasteiger partial charge in [0.25, 0.3) is 0 Å². The number of hydrogen-bond donors (Lipinski definition) is 2. The Morgan fingerprint density at radius 2 is 2.24 bits per heavy atom. The topological polar surface area (TPSA) is 81.2 Å². The molecule has 1 rings (SSSR count). The first-order valence-electron chi connectivity index (χ1n) is 5.85. The van der Waals surface area contributed by atoms with Gasteiger partial charge in [0.1, 0.15) is 11.4 Å². The molecule has 0 saturated carbocycles. The Morgan fingerprint density at radius 1 is 1.53 bits per heavy atom. The van der Waals surface area contributed by atoms with E-state index in [0.717, 1.165) is 19.3 Å². The lowest BCUT2D eigenvalue weighted by Crippen LogP contribution is -2.16. The molecule has 0 aromatic heterocycles. The summed E-state index contributed by atoms with van der Waals surface area (Å²) in [6.45, 7) is 4.14. The summed E-state index contributed by atoms with van der Waals surface area (Å²) in [6.07, 6.45) is 3.21. The van der Waals surface area contributed by atoms with Gasteiger partial charge in [-0.1, -0.05) is 25.8 Å². The van der Waals surface area contributed by atoms with Gasteiger partial charge in [0, 0.05) is 6.04 Å². The van der Waals surface area contributed by atoms with Crippen molar-refractivity contribution >= 4 is 17.1 Å². The zero-order chi connectivity index (χ0) is 12.8. The number of nitrogens with zero attached hydrogens (tertiary/aromatic N) is 1. The average Bonchev–Trinajstić information content (AvgIpc) is 2.25. The normalized spacial score (nSPS) is 12.1. The molecule has 1 aromatic carbocycles. The lowest BCUT2D eigenvalue weighted by Gasteiger charge is -2.15. The van der Waals surface area contributed by atoms with E-state index in [9.17, 15) is 10.1 Å². The Hall–Kier alpha value is -1.78. The fourth-order valence-corrected chi connectivity index (χ4v) is 1.73. The molecule has 1 unspecified atom stereocenters. The van der Waals surface area contributed by atoms with E-state index in [4.69, 9.17) is 5.73 Å². The Labute approximate surface area is 101 Å². The largest absolute Gasteiger partial charge is 0.393 e. The van der Waals surface area contributed by atoms with Crippen LogP contribution in [0, 0.1) is 10.1 Å². The van der Waals surface area contributed by atoms with Gasteiger partial charge in [0.05, 0.1) is 4.92 Å². The maximum absolute atomic E-state index is 10.9. The van der Waals surface area contributed by atoms with Crippen LogP contribution in [0.4, 0.5) is 17.1 Å². The van der Waals surface area contributed by atoms with E-state index in [1.807, 2.05) is 6.92 Å². The quantitative estimate of drug-likeness (QED) is 0.452. The zero-order valence-corrected chi connectivity index (χ0v) is 10.3. The van der Waals surface area contributed by atoms with Crippen LogP contribution in [0.1, 0.15) is 33.1 Å². The van der Waals surface area contributed by atoms with Crippen molar-refractivity contribution in [1.82, 2.24) is 0 Å². The minimum absolute atomic E-state index is 0.0316. The van der Waals surface area contributed by atoms with E-state index in [0.29, 0.717) is 5.69 Å². The van der Waals surface area contributed by atoms with Crippen molar-refractivity contribution in [3.63, 3.8) is 0 Å². The minimum Gasteiger partial charge on any atom is -0.393 e. The summed E-state index contributed by atoms with van der Waals surface area (Å²) in [6, 6.07) is 5.16. The Kier molecular flexibility index (Phi) is 4.75. The number of nitrogens with one attached hydrogen (secondary N) is 1. The molecule has 0 aliphatic rings. The maximum Gasteiger partial charge on any atom is 0.314 e. The average molecular weight is 237 g/mol. The van der Waals surface area contributed by atoms with E-state index in [1.54, 1.807) is 18.2 Å². The number of nitrogens with two attached hydrogens (primary N) is 1. The summed E-state index contributed by atoms with van der Waals surface area (Å²) in [7, 11) is 0.